The molecule has 0 radical (unpaired) electrons. The molecule has 0 bridgehead atoms. The summed E-state index contributed by atoms with van der Waals surface area (Å²) in [5, 5.41) is 11.1. The summed E-state index contributed by atoms with van der Waals surface area (Å²) in [4.78, 5) is 21.5. The van der Waals surface area contributed by atoms with Crippen LogP contribution >= 0.6 is 0 Å². The van der Waals surface area contributed by atoms with Crippen molar-refractivity contribution in [2.45, 2.75) is 26.3 Å². The number of carbonyl (C=O) groups excluding carboxylic acids is 1. The molecular formula is C8H16N2O3. The van der Waals surface area contributed by atoms with Gasteiger partial charge in [-0.3, -0.25) is 4.79 Å². The molecule has 0 aromatic carbocycles. The van der Waals surface area contributed by atoms with Crippen LogP contribution < -0.4 is 11.1 Å². The van der Waals surface area contributed by atoms with Crippen LogP contribution in [0.5, 0.6) is 0 Å². The number of hydrogen-bond donors (Lipinski definition) is 3. The van der Waals surface area contributed by atoms with E-state index in [1.165, 1.54) is 0 Å². The minimum absolute atomic E-state index is 0.0898. The molecule has 4 N–H and O–H groups in total. The number of carboxylic acid groups (broad SMARTS) is 1. The maximum absolute atomic E-state index is 10.8. The summed E-state index contributed by atoms with van der Waals surface area (Å²) in [7, 11) is 0. The van der Waals surface area contributed by atoms with Gasteiger partial charge in [-0.2, -0.15) is 0 Å². The molecule has 0 aliphatic rings. The van der Waals surface area contributed by atoms with Gasteiger partial charge in [0.1, 0.15) is 6.04 Å². The fourth-order valence-electron chi connectivity index (χ4n) is 0.915. The third-order valence-electron chi connectivity index (χ3n) is 1.98. The Morgan fingerprint density at radius 3 is 2.38 bits per heavy atom. The van der Waals surface area contributed by atoms with Crippen LogP contribution in [-0.4, -0.2) is 29.6 Å². The molecule has 0 aromatic heterocycles. The lowest BCUT2D eigenvalue weighted by Gasteiger charge is -2.19. The zero-order valence-electron chi connectivity index (χ0n) is 7.91. The minimum atomic E-state index is -1.02. The molecular weight excluding hydrogens is 172 g/mol. The van der Waals surface area contributed by atoms with Gasteiger partial charge in [0.05, 0.1) is 6.54 Å². The number of aliphatic carboxylic acids is 1. The summed E-state index contributed by atoms with van der Waals surface area (Å²) in [6, 6.07) is -0.832. The van der Waals surface area contributed by atoms with Gasteiger partial charge < -0.3 is 16.2 Å². The smallest absolute Gasteiger partial charge is 0.326 e. The highest BCUT2D eigenvalue weighted by Gasteiger charge is 2.24. The quantitative estimate of drug-likeness (QED) is 0.545. The third kappa shape index (κ3) is 3.89. The Hall–Kier alpha value is -1.10. The second-order valence-corrected chi connectivity index (χ2v) is 2.97. The Kier molecular flexibility index (Phi) is 5.06. The number of carboxylic acids is 1. The van der Waals surface area contributed by atoms with E-state index in [4.69, 9.17) is 10.8 Å². The highest BCUT2D eigenvalue weighted by atomic mass is 16.4. The number of nitrogens with two attached hydrogens (primary N) is 1. The lowest BCUT2D eigenvalue weighted by atomic mass is 9.99. The first-order valence-corrected chi connectivity index (χ1v) is 4.25. The summed E-state index contributed by atoms with van der Waals surface area (Å²) in [6.45, 7) is 3.46. The van der Waals surface area contributed by atoms with Gasteiger partial charge in [-0.05, 0) is 5.92 Å². The van der Waals surface area contributed by atoms with Crippen molar-refractivity contribution >= 4 is 11.9 Å². The number of rotatable bonds is 5. The zero-order valence-corrected chi connectivity index (χ0v) is 7.91. The Morgan fingerprint density at radius 1 is 1.54 bits per heavy atom. The second kappa shape index (κ2) is 5.53. The Balaban J connectivity index is 4.26. The molecule has 13 heavy (non-hydrogen) atoms. The molecule has 5 nitrogen and oxygen atoms in total. The van der Waals surface area contributed by atoms with Gasteiger partial charge in [0, 0.05) is 0 Å². The van der Waals surface area contributed by atoms with E-state index in [0.29, 0.717) is 6.42 Å². The summed E-state index contributed by atoms with van der Waals surface area (Å²) in [5.74, 6) is -1.54. The molecule has 2 atom stereocenters. The molecule has 1 amide bonds. The number of hydrogen-bond acceptors (Lipinski definition) is 3. The molecule has 0 rings (SSSR count). The van der Waals surface area contributed by atoms with E-state index in [1.54, 1.807) is 6.92 Å². The first-order valence-electron chi connectivity index (χ1n) is 4.25. The second-order valence-electron chi connectivity index (χ2n) is 2.97. The summed E-state index contributed by atoms with van der Waals surface area (Å²) < 4.78 is 0. The average molecular weight is 188 g/mol. The summed E-state index contributed by atoms with van der Waals surface area (Å²) >= 11 is 0. The molecule has 0 aliphatic carbocycles. The van der Waals surface area contributed by atoms with Gasteiger partial charge >= 0.3 is 5.97 Å². The Labute approximate surface area is 77.3 Å². The van der Waals surface area contributed by atoms with Crippen LogP contribution in [0, 0.1) is 5.92 Å². The van der Waals surface area contributed by atoms with Crippen molar-refractivity contribution in [2.75, 3.05) is 6.54 Å². The molecule has 1 unspecified atom stereocenters. The van der Waals surface area contributed by atoms with E-state index in [-0.39, 0.29) is 12.5 Å². The van der Waals surface area contributed by atoms with Crippen molar-refractivity contribution in [1.29, 1.82) is 0 Å². The van der Waals surface area contributed by atoms with Gasteiger partial charge in [0.2, 0.25) is 5.91 Å². The number of carbonyl (C=O) groups is 2. The number of nitrogens with one attached hydrogen (secondary N) is 1. The Bertz CT molecular complexity index is 194. The van der Waals surface area contributed by atoms with E-state index in [2.05, 4.69) is 5.32 Å². The van der Waals surface area contributed by atoms with Crippen molar-refractivity contribution < 1.29 is 14.7 Å². The largest absolute Gasteiger partial charge is 0.480 e. The van der Waals surface area contributed by atoms with Crippen LogP contribution in [0.2, 0.25) is 0 Å². The zero-order chi connectivity index (χ0) is 10.4. The van der Waals surface area contributed by atoms with E-state index >= 15 is 0 Å². The lowest BCUT2D eigenvalue weighted by Crippen LogP contribution is -2.47. The SMILES string of the molecule is CCC(C)[C@H](NC(=O)CN)C(=O)O. The molecule has 0 aliphatic heterocycles. The van der Waals surface area contributed by atoms with Crippen molar-refractivity contribution in [3.63, 3.8) is 0 Å². The van der Waals surface area contributed by atoms with Crippen molar-refractivity contribution in [1.82, 2.24) is 5.32 Å². The molecule has 76 valence electrons. The van der Waals surface area contributed by atoms with E-state index in [9.17, 15) is 9.59 Å². The summed E-state index contributed by atoms with van der Waals surface area (Å²) in [5.41, 5.74) is 5.06. The lowest BCUT2D eigenvalue weighted by molar-refractivity contribution is -0.143. The molecule has 0 saturated carbocycles. The van der Waals surface area contributed by atoms with E-state index in [1.807, 2.05) is 6.92 Å². The molecule has 0 aromatic rings. The van der Waals surface area contributed by atoms with Gasteiger partial charge in [-0.1, -0.05) is 20.3 Å². The van der Waals surface area contributed by atoms with Crippen LogP contribution in [0.1, 0.15) is 20.3 Å². The van der Waals surface area contributed by atoms with Gasteiger partial charge in [-0.25, -0.2) is 4.79 Å². The van der Waals surface area contributed by atoms with Crippen LogP contribution in [0.15, 0.2) is 0 Å². The van der Waals surface area contributed by atoms with Crippen molar-refractivity contribution in [3.8, 4) is 0 Å². The average Bonchev–Trinajstić information content (AvgIpc) is 2.11. The fourth-order valence-corrected chi connectivity index (χ4v) is 0.915. The van der Waals surface area contributed by atoms with Gasteiger partial charge in [-0.15, -0.1) is 0 Å². The highest BCUT2D eigenvalue weighted by Crippen LogP contribution is 2.07. The van der Waals surface area contributed by atoms with Crippen LogP contribution in [-0.2, 0) is 9.59 Å². The summed E-state index contributed by atoms with van der Waals surface area (Å²) in [6.07, 6.45) is 0.696. The normalized spacial score (nSPS) is 14.7. The monoisotopic (exact) mass is 188 g/mol. The van der Waals surface area contributed by atoms with Crippen molar-refractivity contribution in [3.05, 3.63) is 0 Å². The minimum Gasteiger partial charge on any atom is -0.480 e. The van der Waals surface area contributed by atoms with Crippen LogP contribution in [0.3, 0.4) is 0 Å². The van der Waals surface area contributed by atoms with Gasteiger partial charge in [0.25, 0.3) is 0 Å². The number of amides is 1. The highest BCUT2D eigenvalue weighted by molar-refractivity contribution is 5.84. The molecule has 0 heterocycles. The maximum atomic E-state index is 10.8. The van der Waals surface area contributed by atoms with E-state index in [0.717, 1.165) is 0 Å². The topological polar surface area (TPSA) is 92.4 Å². The fraction of sp³-hybridized carbons (Fsp3) is 0.750. The predicted octanol–water partition coefficient (Wildman–Crippen LogP) is -0.439. The van der Waals surface area contributed by atoms with Crippen LogP contribution in [0.25, 0.3) is 0 Å². The van der Waals surface area contributed by atoms with Crippen LogP contribution in [0.4, 0.5) is 0 Å². The first kappa shape index (κ1) is 11.9. The van der Waals surface area contributed by atoms with Gasteiger partial charge in [0.15, 0.2) is 0 Å². The third-order valence-corrected chi connectivity index (χ3v) is 1.98. The maximum Gasteiger partial charge on any atom is 0.326 e. The standard InChI is InChI=1S/C8H16N2O3/c1-3-5(2)7(8(12)13)10-6(11)4-9/h5,7H,3-4,9H2,1-2H3,(H,10,11)(H,12,13)/t5?,7-/m0/s1. The first-order chi connectivity index (χ1) is 6.02. The molecule has 0 spiro atoms. The Morgan fingerprint density at radius 2 is 2.08 bits per heavy atom. The molecule has 0 fully saturated rings. The predicted molar refractivity (Wildman–Crippen MR) is 48.1 cm³/mol. The van der Waals surface area contributed by atoms with Crippen molar-refractivity contribution in [2.24, 2.45) is 11.7 Å². The van der Waals surface area contributed by atoms with E-state index < -0.39 is 17.9 Å². The molecule has 5 heteroatoms. The molecule has 0 saturated heterocycles.